The minimum absolute atomic E-state index is 0.0898. The van der Waals surface area contributed by atoms with Gasteiger partial charge in [0.15, 0.2) is 11.6 Å². The summed E-state index contributed by atoms with van der Waals surface area (Å²) in [7, 11) is -1.91. The number of hydrogen-bond donors (Lipinski definition) is 2. The fourth-order valence-electron chi connectivity index (χ4n) is 2.46. The van der Waals surface area contributed by atoms with Crippen LogP contribution in [0.4, 0.5) is 14.9 Å². The standard InChI is InChI=1S/C14H20FN3O4S/c1-22-13-6-5-10(8-12(13)15)16-14(19)17-11-4-3-7-18(9-11)23(2,20)21/h5-6,8,11H,3-4,7,9H2,1-2H3,(H2,16,17,19). The third kappa shape index (κ3) is 4.80. The second-order valence-electron chi connectivity index (χ2n) is 5.41. The number of methoxy groups -OCH3 is 1. The molecule has 1 aromatic rings. The van der Waals surface area contributed by atoms with Crippen LogP contribution in [-0.4, -0.2) is 51.3 Å². The minimum Gasteiger partial charge on any atom is -0.494 e. The molecule has 1 aliphatic rings. The van der Waals surface area contributed by atoms with Gasteiger partial charge in [-0.3, -0.25) is 0 Å². The quantitative estimate of drug-likeness (QED) is 0.863. The Bertz CT molecular complexity index is 681. The summed E-state index contributed by atoms with van der Waals surface area (Å²) in [5.41, 5.74) is 0.288. The van der Waals surface area contributed by atoms with E-state index in [2.05, 4.69) is 10.6 Å². The molecule has 0 bridgehead atoms. The van der Waals surface area contributed by atoms with Gasteiger partial charge in [-0.05, 0) is 25.0 Å². The zero-order valence-corrected chi connectivity index (χ0v) is 13.8. The van der Waals surface area contributed by atoms with Gasteiger partial charge in [-0.25, -0.2) is 21.9 Å². The number of hydrogen-bond acceptors (Lipinski definition) is 4. The first-order valence-electron chi connectivity index (χ1n) is 7.16. The molecular formula is C14H20FN3O4S. The van der Waals surface area contributed by atoms with Crippen LogP contribution in [0.1, 0.15) is 12.8 Å². The van der Waals surface area contributed by atoms with E-state index < -0.39 is 21.9 Å². The molecule has 1 aliphatic heterocycles. The summed E-state index contributed by atoms with van der Waals surface area (Å²) in [5, 5.41) is 5.23. The van der Waals surface area contributed by atoms with Gasteiger partial charge in [0.2, 0.25) is 10.0 Å². The van der Waals surface area contributed by atoms with Crippen LogP contribution >= 0.6 is 0 Å². The van der Waals surface area contributed by atoms with Crippen molar-refractivity contribution in [2.75, 3.05) is 31.8 Å². The molecule has 0 spiro atoms. The lowest BCUT2D eigenvalue weighted by Gasteiger charge is -2.31. The lowest BCUT2D eigenvalue weighted by molar-refractivity contribution is 0.236. The van der Waals surface area contributed by atoms with Gasteiger partial charge in [0.1, 0.15) is 0 Å². The van der Waals surface area contributed by atoms with Gasteiger partial charge in [-0.2, -0.15) is 0 Å². The van der Waals surface area contributed by atoms with Crippen molar-refractivity contribution in [3.8, 4) is 5.75 Å². The first-order chi connectivity index (χ1) is 10.8. The first-order valence-corrected chi connectivity index (χ1v) is 9.00. The van der Waals surface area contributed by atoms with E-state index in [1.54, 1.807) is 0 Å². The Hall–Kier alpha value is -1.87. The van der Waals surface area contributed by atoms with Crippen molar-refractivity contribution in [3.63, 3.8) is 0 Å². The van der Waals surface area contributed by atoms with E-state index in [0.717, 1.165) is 12.3 Å². The number of rotatable bonds is 4. The number of halogens is 1. The number of amides is 2. The molecule has 1 atom stereocenters. The summed E-state index contributed by atoms with van der Waals surface area (Å²) in [6.07, 6.45) is 2.52. The Morgan fingerprint density at radius 1 is 1.43 bits per heavy atom. The molecule has 9 heteroatoms. The fourth-order valence-corrected chi connectivity index (χ4v) is 3.37. The summed E-state index contributed by atoms with van der Waals surface area (Å²) < 4.78 is 42.8. The average molecular weight is 345 g/mol. The van der Waals surface area contributed by atoms with Crippen molar-refractivity contribution in [2.45, 2.75) is 18.9 Å². The maximum Gasteiger partial charge on any atom is 0.319 e. The number of nitrogens with one attached hydrogen (secondary N) is 2. The summed E-state index contributed by atoms with van der Waals surface area (Å²) >= 11 is 0. The predicted octanol–water partition coefficient (Wildman–Crippen LogP) is 1.38. The Morgan fingerprint density at radius 3 is 2.78 bits per heavy atom. The van der Waals surface area contributed by atoms with Crippen molar-refractivity contribution in [2.24, 2.45) is 0 Å². The van der Waals surface area contributed by atoms with Crippen LogP contribution in [0.2, 0.25) is 0 Å². The van der Waals surface area contributed by atoms with E-state index in [4.69, 9.17) is 4.74 Å². The van der Waals surface area contributed by atoms with E-state index in [0.29, 0.717) is 19.4 Å². The van der Waals surface area contributed by atoms with Crippen LogP contribution in [0.15, 0.2) is 18.2 Å². The van der Waals surface area contributed by atoms with Crippen molar-refractivity contribution < 1.29 is 22.3 Å². The highest BCUT2D eigenvalue weighted by molar-refractivity contribution is 7.88. The second-order valence-corrected chi connectivity index (χ2v) is 7.39. The summed E-state index contributed by atoms with van der Waals surface area (Å²) in [5.74, 6) is -0.488. The molecule has 0 aliphatic carbocycles. The molecule has 128 valence electrons. The van der Waals surface area contributed by atoms with Gasteiger partial charge in [0, 0.05) is 30.9 Å². The zero-order valence-electron chi connectivity index (χ0n) is 13.0. The van der Waals surface area contributed by atoms with Gasteiger partial charge in [0.25, 0.3) is 0 Å². The van der Waals surface area contributed by atoms with Crippen molar-refractivity contribution in [3.05, 3.63) is 24.0 Å². The number of urea groups is 1. The number of anilines is 1. The maximum atomic E-state index is 13.6. The van der Waals surface area contributed by atoms with Crippen LogP contribution in [0.3, 0.4) is 0 Å². The van der Waals surface area contributed by atoms with Crippen LogP contribution in [0, 0.1) is 5.82 Å². The van der Waals surface area contributed by atoms with E-state index in [9.17, 15) is 17.6 Å². The van der Waals surface area contributed by atoms with Gasteiger partial charge in [-0.15, -0.1) is 0 Å². The van der Waals surface area contributed by atoms with Crippen molar-refractivity contribution in [1.29, 1.82) is 0 Å². The lowest BCUT2D eigenvalue weighted by atomic mass is 10.1. The highest BCUT2D eigenvalue weighted by atomic mass is 32.2. The number of carbonyl (C=O) groups excluding carboxylic acids is 1. The second kappa shape index (κ2) is 7.14. The monoisotopic (exact) mass is 345 g/mol. The molecule has 0 aromatic heterocycles. The molecule has 2 rings (SSSR count). The van der Waals surface area contributed by atoms with Gasteiger partial charge in [-0.1, -0.05) is 0 Å². The summed E-state index contributed by atoms with van der Waals surface area (Å²) in [4.78, 5) is 12.0. The van der Waals surface area contributed by atoms with Crippen molar-refractivity contribution in [1.82, 2.24) is 9.62 Å². The Labute approximate surface area is 134 Å². The molecule has 2 amide bonds. The highest BCUT2D eigenvalue weighted by Crippen LogP contribution is 2.20. The molecule has 0 saturated carbocycles. The number of piperidine rings is 1. The zero-order chi connectivity index (χ0) is 17.0. The molecule has 7 nitrogen and oxygen atoms in total. The molecule has 1 heterocycles. The van der Waals surface area contributed by atoms with Crippen LogP contribution < -0.4 is 15.4 Å². The van der Waals surface area contributed by atoms with Gasteiger partial charge >= 0.3 is 6.03 Å². The fraction of sp³-hybridized carbons (Fsp3) is 0.500. The van der Waals surface area contributed by atoms with Crippen LogP contribution in [-0.2, 0) is 10.0 Å². The van der Waals surface area contributed by atoms with E-state index in [-0.39, 0.29) is 24.0 Å². The number of carbonyl (C=O) groups is 1. The van der Waals surface area contributed by atoms with E-state index in [1.165, 1.54) is 23.5 Å². The Balaban J connectivity index is 1.93. The molecule has 1 saturated heterocycles. The first kappa shape index (κ1) is 17.5. The smallest absolute Gasteiger partial charge is 0.319 e. The molecule has 23 heavy (non-hydrogen) atoms. The summed E-state index contributed by atoms with van der Waals surface area (Å²) in [6.45, 7) is 0.700. The van der Waals surface area contributed by atoms with Crippen LogP contribution in [0.25, 0.3) is 0 Å². The van der Waals surface area contributed by atoms with Crippen molar-refractivity contribution >= 4 is 21.7 Å². The van der Waals surface area contributed by atoms with Gasteiger partial charge in [0.05, 0.1) is 13.4 Å². The predicted molar refractivity (Wildman–Crippen MR) is 84.5 cm³/mol. The topological polar surface area (TPSA) is 87.7 Å². The largest absolute Gasteiger partial charge is 0.494 e. The van der Waals surface area contributed by atoms with Crippen LogP contribution in [0.5, 0.6) is 5.75 Å². The molecule has 1 fully saturated rings. The number of benzene rings is 1. The van der Waals surface area contributed by atoms with Gasteiger partial charge < -0.3 is 15.4 Å². The SMILES string of the molecule is COc1ccc(NC(=O)NC2CCCN(S(C)(=O)=O)C2)cc1F. The number of nitrogens with zero attached hydrogens (tertiary/aromatic N) is 1. The Morgan fingerprint density at radius 2 is 2.17 bits per heavy atom. The molecule has 1 aromatic carbocycles. The van der Waals surface area contributed by atoms with E-state index >= 15 is 0 Å². The molecule has 2 N–H and O–H groups in total. The highest BCUT2D eigenvalue weighted by Gasteiger charge is 2.26. The molecule has 1 unspecified atom stereocenters. The molecular weight excluding hydrogens is 325 g/mol. The third-order valence-corrected chi connectivity index (χ3v) is 4.87. The normalized spacial score (nSPS) is 19.2. The maximum absolute atomic E-state index is 13.6. The third-order valence-electron chi connectivity index (χ3n) is 3.60. The number of ether oxygens (including phenoxy) is 1. The minimum atomic E-state index is -3.27. The Kier molecular flexibility index (Phi) is 5.42. The number of sulfonamides is 1. The van der Waals surface area contributed by atoms with E-state index in [1.807, 2.05) is 0 Å². The lowest BCUT2D eigenvalue weighted by Crippen LogP contribution is -2.50. The summed E-state index contributed by atoms with van der Waals surface area (Å²) in [6, 6.07) is 3.31. The average Bonchev–Trinajstić information content (AvgIpc) is 2.46. The molecule has 0 radical (unpaired) electrons.